The fourth-order valence-corrected chi connectivity index (χ4v) is 3.34. The molecule has 2 heterocycles. The highest BCUT2D eigenvalue weighted by Crippen LogP contribution is 2.27. The first kappa shape index (κ1) is 23.7. The maximum atomic E-state index is 12.3. The number of aromatic nitrogens is 4. The van der Waals surface area contributed by atoms with Crippen LogP contribution in [0.4, 0.5) is 30.6 Å². The van der Waals surface area contributed by atoms with Gasteiger partial charge in [-0.15, -0.1) is 13.2 Å². The number of esters is 1. The van der Waals surface area contributed by atoms with Gasteiger partial charge in [0.25, 0.3) is 0 Å². The maximum Gasteiger partial charge on any atom is 0.573 e. The molecule has 0 aliphatic carbocycles. The predicted molar refractivity (Wildman–Crippen MR) is 121 cm³/mol. The molecular formula is C22H21F3N6O4. The molecule has 2 aromatic carbocycles. The van der Waals surface area contributed by atoms with E-state index in [0.717, 1.165) is 0 Å². The summed E-state index contributed by atoms with van der Waals surface area (Å²) in [7, 11) is 0. The Morgan fingerprint density at radius 3 is 2.63 bits per heavy atom. The number of H-pyrrole nitrogens is 1. The number of anilines is 3. The van der Waals surface area contributed by atoms with E-state index >= 15 is 0 Å². The van der Waals surface area contributed by atoms with Gasteiger partial charge in [0.05, 0.1) is 30.4 Å². The summed E-state index contributed by atoms with van der Waals surface area (Å²) in [6, 6.07) is 10.4. The van der Waals surface area contributed by atoms with Crippen LogP contribution in [0.2, 0.25) is 0 Å². The second-order valence-corrected chi connectivity index (χ2v) is 7.20. The van der Waals surface area contributed by atoms with Gasteiger partial charge >= 0.3 is 12.3 Å². The molecule has 0 fully saturated rings. The molecule has 10 nitrogen and oxygen atoms in total. The van der Waals surface area contributed by atoms with E-state index in [-0.39, 0.29) is 30.5 Å². The average Bonchev–Trinajstić information content (AvgIpc) is 3.38. The Morgan fingerprint density at radius 1 is 1.17 bits per heavy atom. The van der Waals surface area contributed by atoms with Crippen LogP contribution in [0.1, 0.15) is 17.3 Å². The quantitative estimate of drug-likeness (QED) is 0.297. The number of aromatic amines is 1. The Bertz CT molecular complexity index is 1320. The van der Waals surface area contributed by atoms with Crippen LogP contribution in [0.25, 0.3) is 11.0 Å². The first-order chi connectivity index (χ1) is 16.7. The minimum absolute atomic E-state index is 0.181. The molecular weight excluding hydrogens is 469 g/mol. The van der Waals surface area contributed by atoms with Crippen molar-refractivity contribution in [1.29, 1.82) is 0 Å². The number of fused-ring (bicyclic) bond motifs is 1. The van der Waals surface area contributed by atoms with Crippen molar-refractivity contribution in [3.05, 3.63) is 54.2 Å². The molecule has 184 valence electrons. The van der Waals surface area contributed by atoms with Crippen LogP contribution in [0.5, 0.6) is 11.5 Å². The minimum atomic E-state index is -4.76. The Morgan fingerprint density at radius 2 is 1.91 bits per heavy atom. The molecule has 0 saturated heterocycles. The van der Waals surface area contributed by atoms with Gasteiger partial charge in [0.15, 0.2) is 0 Å². The van der Waals surface area contributed by atoms with Gasteiger partial charge in [-0.05, 0) is 49.4 Å². The molecule has 0 aliphatic rings. The van der Waals surface area contributed by atoms with Crippen molar-refractivity contribution < 1.29 is 32.2 Å². The molecule has 4 N–H and O–H groups in total. The molecule has 0 bridgehead atoms. The van der Waals surface area contributed by atoms with Crippen LogP contribution < -0.4 is 20.5 Å². The normalized spacial score (nSPS) is 11.4. The summed E-state index contributed by atoms with van der Waals surface area (Å²) in [4.78, 5) is 16.4. The third-order valence-electron chi connectivity index (χ3n) is 4.82. The van der Waals surface area contributed by atoms with Crippen molar-refractivity contribution in [3.8, 4) is 11.5 Å². The molecule has 13 heteroatoms. The summed E-state index contributed by atoms with van der Waals surface area (Å²) in [6.45, 7) is 2.46. The van der Waals surface area contributed by atoms with E-state index in [1.807, 2.05) is 0 Å². The molecule has 0 aliphatic heterocycles. The number of nitrogens with two attached hydrogens (primary N) is 1. The van der Waals surface area contributed by atoms with Gasteiger partial charge in [0.2, 0.25) is 5.95 Å². The van der Waals surface area contributed by atoms with E-state index in [0.29, 0.717) is 34.8 Å². The van der Waals surface area contributed by atoms with E-state index in [4.69, 9.17) is 15.2 Å². The fourth-order valence-electron chi connectivity index (χ4n) is 3.34. The van der Waals surface area contributed by atoms with Crippen LogP contribution >= 0.6 is 0 Å². The van der Waals surface area contributed by atoms with Gasteiger partial charge in [0.1, 0.15) is 29.5 Å². The molecule has 0 amide bonds. The second kappa shape index (κ2) is 9.83. The highest BCUT2D eigenvalue weighted by molar-refractivity contribution is 5.95. The van der Waals surface area contributed by atoms with Gasteiger partial charge in [-0.1, -0.05) is 0 Å². The zero-order valence-electron chi connectivity index (χ0n) is 18.4. The Kier molecular flexibility index (Phi) is 6.66. The number of nitrogen functional groups attached to an aromatic ring is 1. The summed E-state index contributed by atoms with van der Waals surface area (Å²) >= 11 is 0. The number of hydrogen-bond donors (Lipinski definition) is 3. The summed E-state index contributed by atoms with van der Waals surface area (Å²) in [5, 5.41) is 9.72. The number of nitrogens with zero attached hydrogens (tertiary/aromatic N) is 3. The highest BCUT2D eigenvalue weighted by atomic mass is 19.4. The lowest BCUT2D eigenvalue weighted by Gasteiger charge is -2.11. The van der Waals surface area contributed by atoms with Crippen molar-refractivity contribution in [1.82, 2.24) is 19.7 Å². The molecule has 0 radical (unpaired) electrons. The lowest BCUT2D eigenvalue weighted by molar-refractivity contribution is -0.274. The number of imidazole rings is 1. The average molecular weight is 490 g/mol. The van der Waals surface area contributed by atoms with Crippen molar-refractivity contribution >= 4 is 34.5 Å². The van der Waals surface area contributed by atoms with Crippen LogP contribution in [-0.4, -0.2) is 45.3 Å². The van der Waals surface area contributed by atoms with Gasteiger partial charge in [-0.3, -0.25) is 5.10 Å². The first-order valence-corrected chi connectivity index (χ1v) is 10.5. The molecule has 4 aromatic rings. The monoisotopic (exact) mass is 490 g/mol. The number of hydrogen-bond acceptors (Lipinski definition) is 8. The third kappa shape index (κ3) is 5.75. The third-order valence-corrected chi connectivity index (χ3v) is 4.82. The largest absolute Gasteiger partial charge is 0.573 e. The smallest absolute Gasteiger partial charge is 0.492 e. The fraction of sp³-hybridized carbons (Fsp3) is 0.227. The number of benzene rings is 2. The van der Waals surface area contributed by atoms with Crippen molar-refractivity contribution in [2.24, 2.45) is 0 Å². The van der Waals surface area contributed by atoms with Crippen LogP contribution in [0.15, 0.2) is 48.7 Å². The lowest BCUT2D eigenvalue weighted by atomic mass is 10.2. The zero-order valence-corrected chi connectivity index (χ0v) is 18.4. The SMILES string of the molecule is CCOC(=O)c1cn[nH]c1Nc1ccc2nc(N)n(CCOc3ccc(OC(F)(F)F)cc3)c2c1. The molecule has 0 unspecified atom stereocenters. The van der Waals surface area contributed by atoms with Gasteiger partial charge < -0.3 is 29.8 Å². The van der Waals surface area contributed by atoms with Crippen molar-refractivity contribution in [2.45, 2.75) is 19.8 Å². The van der Waals surface area contributed by atoms with E-state index in [2.05, 4.69) is 25.2 Å². The number of carbonyl (C=O) groups excluding carboxylic acids is 1. The van der Waals surface area contributed by atoms with Crippen molar-refractivity contribution in [2.75, 3.05) is 24.3 Å². The number of nitrogens with one attached hydrogen (secondary N) is 2. The molecule has 35 heavy (non-hydrogen) atoms. The van der Waals surface area contributed by atoms with E-state index < -0.39 is 12.3 Å². The summed E-state index contributed by atoms with van der Waals surface area (Å²) in [5.74, 6) is 0.175. The summed E-state index contributed by atoms with van der Waals surface area (Å²) < 4.78 is 53.1. The number of ether oxygens (including phenoxy) is 3. The highest BCUT2D eigenvalue weighted by Gasteiger charge is 2.31. The Hall–Kier alpha value is -4.42. The van der Waals surface area contributed by atoms with E-state index in [9.17, 15) is 18.0 Å². The Labute approximate surface area is 196 Å². The maximum absolute atomic E-state index is 12.3. The van der Waals surface area contributed by atoms with Crippen molar-refractivity contribution in [3.63, 3.8) is 0 Å². The Balaban J connectivity index is 1.45. The molecule has 0 atom stereocenters. The van der Waals surface area contributed by atoms with E-state index in [1.54, 1.807) is 29.7 Å². The zero-order chi connectivity index (χ0) is 25.0. The summed E-state index contributed by atoms with van der Waals surface area (Å²) in [6.07, 6.45) is -3.38. The summed E-state index contributed by atoms with van der Waals surface area (Å²) in [5.41, 5.74) is 8.34. The first-order valence-electron chi connectivity index (χ1n) is 10.5. The van der Waals surface area contributed by atoms with Gasteiger partial charge in [-0.2, -0.15) is 5.10 Å². The predicted octanol–water partition coefficient (Wildman–Crippen LogP) is 4.24. The second-order valence-electron chi connectivity index (χ2n) is 7.20. The lowest BCUT2D eigenvalue weighted by Crippen LogP contribution is -2.17. The number of halogens is 3. The minimum Gasteiger partial charge on any atom is -0.492 e. The molecule has 2 aromatic heterocycles. The van der Waals surface area contributed by atoms with Crippen LogP contribution in [0.3, 0.4) is 0 Å². The molecule has 0 spiro atoms. The number of carbonyl (C=O) groups is 1. The van der Waals surface area contributed by atoms with E-state index in [1.165, 1.54) is 30.5 Å². The number of rotatable bonds is 9. The van der Waals surface area contributed by atoms with Gasteiger partial charge in [-0.25, -0.2) is 9.78 Å². The van der Waals surface area contributed by atoms with Crippen LogP contribution in [-0.2, 0) is 11.3 Å². The van der Waals surface area contributed by atoms with Gasteiger partial charge in [0, 0.05) is 5.69 Å². The van der Waals surface area contributed by atoms with Crippen LogP contribution in [0, 0.1) is 0 Å². The molecule has 0 saturated carbocycles. The molecule has 4 rings (SSSR count). The topological polar surface area (TPSA) is 129 Å². The standard InChI is InChI=1S/C22H21F3N6O4/c1-2-33-20(32)16-12-27-30-19(16)28-13-3-8-17-18(11-13)31(21(26)29-17)9-10-34-14-4-6-15(7-5-14)35-22(23,24)25/h3-8,11-12H,2,9-10H2,1H3,(H2,26,29)(H2,27,28,30). The number of alkyl halides is 3.